The molecule has 0 saturated carbocycles. The molecule has 0 bridgehead atoms. The number of methoxy groups -OCH3 is 2. The molecule has 0 saturated heterocycles. The summed E-state index contributed by atoms with van der Waals surface area (Å²) in [4.78, 5) is 30.1. The van der Waals surface area contributed by atoms with E-state index >= 15 is 0 Å². The van der Waals surface area contributed by atoms with Crippen molar-refractivity contribution < 1.29 is 19.1 Å². The van der Waals surface area contributed by atoms with E-state index < -0.39 is 11.6 Å². The molecule has 9 heteroatoms. The summed E-state index contributed by atoms with van der Waals surface area (Å²) in [6, 6.07) is 21.3. The molecule has 0 spiro atoms. The van der Waals surface area contributed by atoms with Gasteiger partial charge < -0.3 is 19.7 Å². The van der Waals surface area contributed by atoms with Crippen molar-refractivity contribution in [1.82, 2.24) is 25.2 Å². The fraction of sp³-hybridized carbons (Fsp3) is 0.267. The first-order valence-electron chi connectivity index (χ1n) is 12.7. The molecule has 200 valence electrons. The molecular weight excluding hydrogens is 494 g/mol. The van der Waals surface area contributed by atoms with Crippen LogP contribution in [0.15, 0.2) is 72.8 Å². The molecule has 1 unspecified atom stereocenters. The SMILES string of the molecule is COc1ccc(CN2C(=O)c3c(-c4ccccc4)nnn3-c3ccc(OC)cc3C2C(=O)NC(C)(C)C)cc1. The Morgan fingerprint density at radius 2 is 1.62 bits per heavy atom. The number of hydrogen-bond donors (Lipinski definition) is 1. The summed E-state index contributed by atoms with van der Waals surface area (Å²) >= 11 is 0. The number of carbonyl (C=O) groups is 2. The van der Waals surface area contributed by atoms with E-state index in [9.17, 15) is 9.59 Å². The highest BCUT2D eigenvalue weighted by atomic mass is 16.5. The molecule has 1 aliphatic rings. The average molecular weight is 526 g/mol. The lowest BCUT2D eigenvalue weighted by Crippen LogP contribution is -2.48. The number of carbonyl (C=O) groups excluding carboxylic acids is 2. The molecule has 2 amide bonds. The maximum Gasteiger partial charge on any atom is 0.276 e. The Labute approximate surface area is 227 Å². The molecule has 39 heavy (non-hydrogen) atoms. The number of aromatic nitrogens is 3. The van der Waals surface area contributed by atoms with Crippen molar-refractivity contribution in [3.05, 3.63) is 89.6 Å². The molecule has 0 aliphatic carbocycles. The highest BCUT2D eigenvalue weighted by molar-refractivity contribution is 6.02. The molecule has 3 aromatic carbocycles. The van der Waals surface area contributed by atoms with Crippen molar-refractivity contribution in [3.63, 3.8) is 0 Å². The second-order valence-corrected chi connectivity index (χ2v) is 10.4. The zero-order valence-corrected chi connectivity index (χ0v) is 22.6. The van der Waals surface area contributed by atoms with E-state index in [1.54, 1.807) is 31.3 Å². The van der Waals surface area contributed by atoms with Gasteiger partial charge in [0.05, 0.1) is 19.9 Å². The molecule has 2 heterocycles. The number of benzene rings is 3. The lowest BCUT2D eigenvalue weighted by molar-refractivity contribution is -0.127. The summed E-state index contributed by atoms with van der Waals surface area (Å²) in [7, 11) is 3.17. The minimum Gasteiger partial charge on any atom is -0.497 e. The summed E-state index contributed by atoms with van der Waals surface area (Å²) in [6.07, 6.45) is 0. The van der Waals surface area contributed by atoms with Crippen molar-refractivity contribution in [2.75, 3.05) is 14.2 Å². The second-order valence-electron chi connectivity index (χ2n) is 10.4. The average Bonchev–Trinajstić information content (AvgIpc) is 3.33. The predicted octanol–water partition coefficient (Wildman–Crippen LogP) is 4.56. The van der Waals surface area contributed by atoms with Gasteiger partial charge >= 0.3 is 0 Å². The summed E-state index contributed by atoms with van der Waals surface area (Å²) in [5.41, 5.74) is 2.96. The van der Waals surface area contributed by atoms with Gasteiger partial charge in [0, 0.05) is 23.2 Å². The molecule has 1 N–H and O–H groups in total. The lowest BCUT2D eigenvalue weighted by Gasteiger charge is -2.33. The van der Waals surface area contributed by atoms with Crippen LogP contribution in [-0.2, 0) is 11.3 Å². The van der Waals surface area contributed by atoms with Gasteiger partial charge in [-0.25, -0.2) is 4.68 Å². The Hall–Kier alpha value is -4.66. The minimum atomic E-state index is -0.964. The van der Waals surface area contributed by atoms with E-state index in [-0.39, 0.29) is 24.1 Å². The van der Waals surface area contributed by atoms with E-state index in [1.165, 1.54) is 4.68 Å². The fourth-order valence-electron chi connectivity index (χ4n) is 4.74. The van der Waals surface area contributed by atoms with Gasteiger partial charge in [0.15, 0.2) is 5.69 Å². The van der Waals surface area contributed by atoms with Gasteiger partial charge in [0.25, 0.3) is 5.91 Å². The van der Waals surface area contributed by atoms with E-state index in [1.807, 2.05) is 81.4 Å². The van der Waals surface area contributed by atoms with Crippen LogP contribution in [-0.4, -0.2) is 51.5 Å². The summed E-state index contributed by atoms with van der Waals surface area (Å²) < 4.78 is 12.4. The molecule has 1 atom stereocenters. The highest BCUT2D eigenvalue weighted by Gasteiger charge is 2.41. The zero-order chi connectivity index (χ0) is 27.7. The molecule has 4 aromatic rings. The monoisotopic (exact) mass is 525 g/mol. The first-order valence-corrected chi connectivity index (χ1v) is 12.7. The first-order chi connectivity index (χ1) is 18.7. The fourth-order valence-corrected chi connectivity index (χ4v) is 4.74. The minimum absolute atomic E-state index is 0.168. The molecule has 9 nitrogen and oxygen atoms in total. The third-order valence-electron chi connectivity index (χ3n) is 6.51. The standard InChI is InChI=1S/C30H31N5O4/c1-30(2,3)31-28(36)26-23-17-22(39-5)15-16-24(23)35-27(25(32-33-35)20-9-7-6-8-10-20)29(37)34(26)18-19-11-13-21(38-4)14-12-19/h6-17,26H,18H2,1-5H3,(H,31,36). The Kier molecular flexibility index (Phi) is 6.82. The van der Waals surface area contributed by atoms with Crippen LogP contribution in [0.3, 0.4) is 0 Å². The van der Waals surface area contributed by atoms with Crippen LogP contribution in [0.1, 0.15) is 48.4 Å². The number of nitrogens with zero attached hydrogens (tertiary/aromatic N) is 4. The van der Waals surface area contributed by atoms with Crippen LogP contribution in [0.5, 0.6) is 11.5 Å². The smallest absolute Gasteiger partial charge is 0.276 e. The highest BCUT2D eigenvalue weighted by Crippen LogP contribution is 2.38. The Morgan fingerprint density at radius 1 is 0.949 bits per heavy atom. The number of ether oxygens (including phenoxy) is 2. The van der Waals surface area contributed by atoms with Crippen LogP contribution in [0.4, 0.5) is 0 Å². The van der Waals surface area contributed by atoms with Gasteiger partial charge in [-0.2, -0.15) is 0 Å². The van der Waals surface area contributed by atoms with Gasteiger partial charge in [0.1, 0.15) is 23.2 Å². The maximum atomic E-state index is 14.5. The van der Waals surface area contributed by atoms with Crippen LogP contribution < -0.4 is 14.8 Å². The Bertz CT molecular complexity index is 1510. The van der Waals surface area contributed by atoms with Crippen molar-refractivity contribution in [3.8, 4) is 28.4 Å². The number of fused-ring (bicyclic) bond motifs is 3. The maximum absolute atomic E-state index is 14.5. The second kappa shape index (κ2) is 10.2. The summed E-state index contributed by atoms with van der Waals surface area (Å²) in [5, 5.41) is 11.9. The van der Waals surface area contributed by atoms with Crippen molar-refractivity contribution >= 4 is 11.8 Å². The van der Waals surface area contributed by atoms with Crippen LogP contribution in [0, 0.1) is 0 Å². The first kappa shape index (κ1) is 26.0. The Morgan fingerprint density at radius 3 is 2.26 bits per heavy atom. The molecule has 1 aromatic heterocycles. The van der Waals surface area contributed by atoms with Crippen molar-refractivity contribution in [1.29, 1.82) is 0 Å². The number of hydrogen-bond acceptors (Lipinski definition) is 6. The zero-order valence-electron chi connectivity index (χ0n) is 22.6. The van der Waals surface area contributed by atoms with E-state index in [0.29, 0.717) is 28.4 Å². The van der Waals surface area contributed by atoms with Crippen LogP contribution >= 0.6 is 0 Å². The number of rotatable bonds is 6. The van der Waals surface area contributed by atoms with E-state index in [0.717, 1.165) is 11.1 Å². The van der Waals surface area contributed by atoms with Gasteiger partial charge in [0.2, 0.25) is 5.91 Å². The number of amides is 2. The van der Waals surface area contributed by atoms with Crippen molar-refractivity contribution in [2.24, 2.45) is 0 Å². The topological polar surface area (TPSA) is 98.6 Å². The van der Waals surface area contributed by atoms with E-state index in [2.05, 4.69) is 15.6 Å². The van der Waals surface area contributed by atoms with Gasteiger partial charge in [-0.3, -0.25) is 9.59 Å². The molecule has 0 radical (unpaired) electrons. The normalized spacial score (nSPS) is 14.7. The Balaban J connectivity index is 1.74. The van der Waals surface area contributed by atoms with Gasteiger partial charge in [-0.1, -0.05) is 47.7 Å². The van der Waals surface area contributed by atoms with Crippen LogP contribution in [0.2, 0.25) is 0 Å². The molecular formula is C30H31N5O4. The van der Waals surface area contributed by atoms with Crippen LogP contribution in [0.25, 0.3) is 16.9 Å². The summed E-state index contributed by atoms with van der Waals surface area (Å²) in [5.74, 6) is 0.593. The third kappa shape index (κ3) is 5.07. The largest absolute Gasteiger partial charge is 0.497 e. The lowest BCUT2D eigenvalue weighted by atomic mass is 9.99. The van der Waals surface area contributed by atoms with E-state index in [4.69, 9.17) is 9.47 Å². The van der Waals surface area contributed by atoms with Crippen molar-refractivity contribution in [2.45, 2.75) is 38.9 Å². The van der Waals surface area contributed by atoms with Gasteiger partial charge in [-0.05, 0) is 56.7 Å². The van der Waals surface area contributed by atoms with Gasteiger partial charge in [-0.15, -0.1) is 5.10 Å². The molecule has 5 rings (SSSR count). The quantitative estimate of drug-likeness (QED) is 0.396. The predicted molar refractivity (Wildman–Crippen MR) is 147 cm³/mol. The molecule has 1 aliphatic heterocycles. The molecule has 0 fully saturated rings. The third-order valence-corrected chi connectivity index (χ3v) is 6.51. The summed E-state index contributed by atoms with van der Waals surface area (Å²) in [6.45, 7) is 5.89. The number of nitrogens with one attached hydrogen (secondary N) is 1.